The molecule has 0 rings (SSSR count). The number of hydrogen-bond acceptors (Lipinski definition) is 15. The van der Waals surface area contributed by atoms with Crippen molar-refractivity contribution < 1.29 is 80.2 Å². The molecule has 0 spiro atoms. The number of ether oxygens (including phenoxy) is 4. The maximum atomic E-state index is 13.0. The van der Waals surface area contributed by atoms with E-state index in [1.165, 1.54) is 116 Å². The van der Waals surface area contributed by atoms with Crippen molar-refractivity contribution in [2.45, 2.75) is 331 Å². The quantitative estimate of drug-likeness (QED) is 0.0222. The number of phosphoric acid groups is 2. The van der Waals surface area contributed by atoms with Crippen molar-refractivity contribution in [3.8, 4) is 0 Å². The number of rotatable bonds is 62. The summed E-state index contributed by atoms with van der Waals surface area (Å²) in [6.45, 7) is 13.9. The van der Waals surface area contributed by atoms with Crippen molar-refractivity contribution in [3.63, 3.8) is 0 Å². The molecule has 0 aromatic carbocycles. The van der Waals surface area contributed by atoms with Crippen LogP contribution in [0.25, 0.3) is 0 Å². The van der Waals surface area contributed by atoms with Crippen LogP contribution in [-0.2, 0) is 65.4 Å². The highest BCUT2D eigenvalue weighted by Crippen LogP contribution is 2.45. The monoisotopic (exact) mass is 1240 g/mol. The van der Waals surface area contributed by atoms with Gasteiger partial charge in [-0.05, 0) is 49.4 Å². The first-order chi connectivity index (χ1) is 40.1. The molecule has 498 valence electrons. The number of phosphoric ester groups is 2. The highest BCUT2D eigenvalue weighted by Gasteiger charge is 2.30. The van der Waals surface area contributed by atoms with Gasteiger partial charge in [0.15, 0.2) is 12.2 Å². The lowest BCUT2D eigenvalue weighted by molar-refractivity contribution is -0.161. The van der Waals surface area contributed by atoms with Gasteiger partial charge in [0, 0.05) is 25.7 Å². The van der Waals surface area contributed by atoms with E-state index >= 15 is 0 Å². The summed E-state index contributed by atoms with van der Waals surface area (Å²) in [6, 6.07) is 0. The summed E-state index contributed by atoms with van der Waals surface area (Å²) in [4.78, 5) is 72.2. The molecular weight excluding hydrogens is 1110 g/mol. The topological polar surface area (TPSA) is 237 Å². The van der Waals surface area contributed by atoms with Gasteiger partial charge in [0.1, 0.15) is 19.3 Å². The second kappa shape index (κ2) is 55.2. The Morgan fingerprint density at radius 1 is 0.298 bits per heavy atom. The van der Waals surface area contributed by atoms with Crippen LogP contribution in [0.3, 0.4) is 0 Å². The van der Waals surface area contributed by atoms with Crippen molar-refractivity contribution in [1.82, 2.24) is 0 Å². The molecule has 5 atom stereocenters. The Morgan fingerprint density at radius 2 is 0.500 bits per heavy atom. The average Bonchev–Trinajstić information content (AvgIpc) is 3.58. The third kappa shape index (κ3) is 59.0. The van der Waals surface area contributed by atoms with Crippen LogP contribution in [0.2, 0.25) is 0 Å². The third-order valence-electron chi connectivity index (χ3n) is 14.8. The number of aliphatic hydroxyl groups excluding tert-OH is 1. The fourth-order valence-corrected chi connectivity index (χ4v) is 11.2. The van der Waals surface area contributed by atoms with Crippen LogP contribution >= 0.6 is 15.6 Å². The Labute approximate surface area is 511 Å². The first-order valence-corrected chi connectivity index (χ1v) is 36.7. The molecule has 0 aliphatic heterocycles. The minimum absolute atomic E-state index is 0.101. The van der Waals surface area contributed by atoms with Gasteiger partial charge in [0.25, 0.3) is 0 Å². The van der Waals surface area contributed by atoms with Crippen LogP contribution < -0.4 is 0 Å². The maximum Gasteiger partial charge on any atom is 0.472 e. The first-order valence-electron chi connectivity index (χ1n) is 33.7. The summed E-state index contributed by atoms with van der Waals surface area (Å²) in [7, 11) is -9.89. The van der Waals surface area contributed by atoms with Crippen LogP contribution in [0.5, 0.6) is 0 Å². The molecule has 0 aromatic heterocycles. The molecule has 3 N–H and O–H groups in total. The Balaban J connectivity index is 5.25. The molecule has 19 heteroatoms. The number of hydrogen-bond donors (Lipinski definition) is 3. The molecule has 0 saturated heterocycles. The zero-order valence-electron chi connectivity index (χ0n) is 54.5. The normalized spacial score (nSPS) is 14.4. The van der Waals surface area contributed by atoms with E-state index in [4.69, 9.17) is 37.0 Å². The summed E-state index contributed by atoms with van der Waals surface area (Å²) in [5.41, 5.74) is 0. The number of carbonyl (C=O) groups is 4. The van der Waals surface area contributed by atoms with Crippen molar-refractivity contribution in [2.75, 3.05) is 39.6 Å². The van der Waals surface area contributed by atoms with Gasteiger partial charge in [-0.3, -0.25) is 37.3 Å². The molecule has 3 unspecified atom stereocenters. The molecular formula is C65H126O17P2. The Hall–Kier alpha value is -1.94. The van der Waals surface area contributed by atoms with Crippen molar-refractivity contribution in [3.05, 3.63) is 0 Å². The van der Waals surface area contributed by atoms with E-state index in [-0.39, 0.29) is 25.7 Å². The molecule has 84 heavy (non-hydrogen) atoms. The highest BCUT2D eigenvalue weighted by molar-refractivity contribution is 7.47. The number of esters is 4. The Morgan fingerprint density at radius 3 is 0.738 bits per heavy atom. The zero-order chi connectivity index (χ0) is 62.5. The molecule has 0 amide bonds. The number of aliphatic hydroxyl groups is 1. The van der Waals surface area contributed by atoms with Crippen molar-refractivity contribution >= 4 is 39.5 Å². The number of unbranched alkanes of at least 4 members (excludes halogenated alkanes) is 28. The van der Waals surface area contributed by atoms with Gasteiger partial charge in [0.05, 0.1) is 26.4 Å². The molecule has 0 radical (unpaired) electrons. The van der Waals surface area contributed by atoms with Gasteiger partial charge in [-0.15, -0.1) is 0 Å². The summed E-state index contributed by atoms with van der Waals surface area (Å²) >= 11 is 0. The standard InChI is InChI=1S/C65H126O17P2/c1-55(2)41-33-25-17-11-9-10-12-22-31-39-47-64(69)81-60(51-75-62(67)45-37-29-20-15-13-18-26-34-42-56(3)4)53-79-83(71,72)77-49-59(66)50-78-84(73,74)80-54-61(82-65(70)48-40-32-24-23-28-36-44-58(7)8)52-76-63(68)46-38-30-21-16-14-19-27-35-43-57(5)6/h55-61,66H,9-54H2,1-8H3,(H,71,72)(H,73,74)/t59?,60-,61-/m1/s1. The summed E-state index contributed by atoms with van der Waals surface area (Å²) in [5.74, 6) is 0.733. The van der Waals surface area contributed by atoms with E-state index in [0.29, 0.717) is 31.6 Å². The second-order valence-electron chi connectivity index (χ2n) is 25.4. The predicted molar refractivity (Wildman–Crippen MR) is 335 cm³/mol. The van der Waals surface area contributed by atoms with Gasteiger partial charge in [0.2, 0.25) is 0 Å². The second-order valence-corrected chi connectivity index (χ2v) is 28.3. The van der Waals surface area contributed by atoms with E-state index in [2.05, 4.69) is 55.4 Å². The van der Waals surface area contributed by atoms with Gasteiger partial charge in [-0.1, -0.05) is 261 Å². The van der Waals surface area contributed by atoms with E-state index in [1.54, 1.807) is 0 Å². The first kappa shape index (κ1) is 82.1. The number of carbonyl (C=O) groups excluding carboxylic acids is 4. The van der Waals surface area contributed by atoms with Gasteiger partial charge in [-0.25, -0.2) is 9.13 Å². The van der Waals surface area contributed by atoms with E-state index in [9.17, 15) is 43.2 Å². The molecule has 0 aliphatic rings. The SMILES string of the molecule is CC(C)CCCCCCCCCCCCC(=O)O[C@H](COC(=O)CCCCCCCCCCC(C)C)COP(=O)(O)OCC(O)COP(=O)(O)OC[C@@H](COC(=O)CCCCCCCCCCC(C)C)OC(=O)CCCCCCCCC(C)C. The van der Waals surface area contributed by atoms with Crippen molar-refractivity contribution in [2.24, 2.45) is 23.7 Å². The predicted octanol–water partition coefficient (Wildman–Crippen LogP) is 17.8. The fraction of sp³-hybridized carbons (Fsp3) is 0.938. The largest absolute Gasteiger partial charge is 0.472 e. The smallest absolute Gasteiger partial charge is 0.462 e. The average molecular weight is 1240 g/mol. The molecule has 0 fully saturated rings. The summed E-state index contributed by atoms with van der Waals surface area (Å²) in [5, 5.41) is 10.5. The van der Waals surface area contributed by atoms with Crippen LogP contribution in [0, 0.1) is 23.7 Å². The lowest BCUT2D eigenvalue weighted by Crippen LogP contribution is -2.30. The lowest BCUT2D eigenvalue weighted by atomic mass is 10.0. The summed E-state index contributed by atoms with van der Waals surface area (Å²) in [6.07, 6.45) is 35.1. The molecule has 17 nitrogen and oxygen atoms in total. The minimum Gasteiger partial charge on any atom is -0.462 e. The van der Waals surface area contributed by atoms with E-state index in [1.807, 2.05) is 0 Å². The lowest BCUT2D eigenvalue weighted by Gasteiger charge is -2.21. The molecule has 0 saturated carbocycles. The molecule has 0 bridgehead atoms. The molecule has 0 aromatic rings. The minimum atomic E-state index is -4.95. The van der Waals surface area contributed by atoms with Gasteiger partial charge < -0.3 is 33.8 Å². The fourth-order valence-electron chi connectivity index (χ4n) is 9.61. The van der Waals surface area contributed by atoms with Crippen LogP contribution in [0.15, 0.2) is 0 Å². The zero-order valence-corrected chi connectivity index (χ0v) is 56.3. The van der Waals surface area contributed by atoms with Crippen molar-refractivity contribution in [1.29, 1.82) is 0 Å². The maximum absolute atomic E-state index is 13.0. The Kier molecular flexibility index (Phi) is 53.9. The van der Waals surface area contributed by atoms with E-state index in [0.717, 1.165) is 108 Å². The van der Waals surface area contributed by atoms with Crippen LogP contribution in [0.4, 0.5) is 0 Å². The molecule has 0 heterocycles. The van der Waals surface area contributed by atoms with Gasteiger partial charge in [-0.2, -0.15) is 0 Å². The third-order valence-corrected chi connectivity index (χ3v) is 16.7. The van der Waals surface area contributed by atoms with Crippen LogP contribution in [0.1, 0.15) is 312 Å². The van der Waals surface area contributed by atoms with Crippen LogP contribution in [-0.4, -0.2) is 96.7 Å². The Bertz CT molecular complexity index is 1680. The molecule has 0 aliphatic carbocycles. The summed E-state index contributed by atoms with van der Waals surface area (Å²) < 4.78 is 68.0. The van der Waals surface area contributed by atoms with E-state index < -0.39 is 97.5 Å². The highest BCUT2D eigenvalue weighted by atomic mass is 31.2. The van der Waals surface area contributed by atoms with Gasteiger partial charge >= 0.3 is 39.5 Å².